The number of ether oxygens (including phenoxy) is 1. The summed E-state index contributed by atoms with van der Waals surface area (Å²) in [7, 11) is 1.67. The fraction of sp³-hybridized carbons (Fsp3) is 0.250. The molecule has 1 rings (SSSR count). The standard InChI is InChI=1S/C8H9O.ClH.Mg/c1-7-5-3-4-6-8(7)9-2;;/h4-6H,1-2H3;1H;/q-1;;+2/p-1. The minimum absolute atomic E-state index is 0. The molecule has 1 nitrogen and oxygen atoms in total. The number of aryl methyl sites for hydroxylation is 1. The molecule has 0 bridgehead atoms. The summed E-state index contributed by atoms with van der Waals surface area (Å²) < 4.78 is 5.02. The third-order valence-electron chi connectivity index (χ3n) is 1.24. The van der Waals surface area contributed by atoms with Crippen LogP contribution in [0.15, 0.2) is 18.2 Å². The normalized spacial score (nSPS) is 7.45. The van der Waals surface area contributed by atoms with Crippen molar-refractivity contribution >= 4 is 23.1 Å². The van der Waals surface area contributed by atoms with Crippen molar-refractivity contribution in [1.29, 1.82) is 0 Å². The van der Waals surface area contributed by atoms with Crippen molar-refractivity contribution in [1.82, 2.24) is 0 Å². The minimum Gasteiger partial charge on any atom is -1.00 e. The molecule has 0 fully saturated rings. The van der Waals surface area contributed by atoms with E-state index in [1.54, 1.807) is 7.11 Å². The first-order chi connectivity index (χ1) is 4.34. The maximum atomic E-state index is 5.02. The molecule has 0 atom stereocenters. The van der Waals surface area contributed by atoms with Gasteiger partial charge in [0, 0.05) is 5.75 Å². The Balaban J connectivity index is 0. The Morgan fingerprint density at radius 1 is 1.45 bits per heavy atom. The van der Waals surface area contributed by atoms with Gasteiger partial charge in [0.15, 0.2) is 0 Å². The average Bonchev–Trinajstić information content (AvgIpc) is 1.89. The van der Waals surface area contributed by atoms with Crippen LogP contribution in [0.4, 0.5) is 0 Å². The van der Waals surface area contributed by atoms with Gasteiger partial charge in [-0.1, -0.05) is 6.92 Å². The van der Waals surface area contributed by atoms with Crippen LogP contribution in [-0.2, 0) is 0 Å². The van der Waals surface area contributed by atoms with Crippen molar-refractivity contribution in [2.24, 2.45) is 0 Å². The van der Waals surface area contributed by atoms with Crippen LogP contribution >= 0.6 is 0 Å². The number of halogens is 1. The molecule has 0 unspecified atom stereocenters. The third-order valence-corrected chi connectivity index (χ3v) is 1.24. The van der Waals surface area contributed by atoms with Gasteiger partial charge in [-0.15, -0.1) is 11.6 Å². The van der Waals surface area contributed by atoms with Crippen LogP contribution in [0.25, 0.3) is 0 Å². The van der Waals surface area contributed by atoms with Crippen LogP contribution < -0.4 is 17.1 Å². The number of hydrogen-bond acceptors (Lipinski definition) is 1. The summed E-state index contributed by atoms with van der Waals surface area (Å²) in [5.41, 5.74) is 1.12. The van der Waals surface area contributed by atoms with Gasteiger partial charge < -0.3 is 17.1 Å². The van der Waals surface area contributed by atoms with E-state index in [1.807, 2.05) is 25.1 Å². The summed E-state index contributed by atoms with van der Waals surface area (Å²) in [5.74, 6) is 0.925. The Kier molecular flexibility index (Phi) is 8.40. The number of rotatable bonds is 1. The Hall–Kier alpha value is 0.0762. The van der Waals surface area contributed by atoms with Crippen molar-refractivity contribution in [2.45, 2.75) is 6.92 Å². The van der Waals surface area contributed by atoms with E-state index < -0.39 is 0 Å². The van der Waals surface area contributed by atoms with Crippen LogP contribution in [0.3, 0.4) is 0 Å². The van der Waals surface area contributed by atoms with E-state index in [0.717, 1.165) is 11.3 Å². The van der Waals surface area contributed by atoms with E-state index in [9.17, 15) is 0 Å². The Morgan fingerprint density at radius 2 is 2.09 bits per heavy atom. The van der Waals surface area contributed by atoms with Crippen LogP contribution in [-0.4, -0.2) is 30.2 Å². The number of methoxy groups -OCH3 is 1. The molecule has 0 amide bonds. The van der Waals surface area contributed by atoms with E-state index in [4.69, 9.17) is 4.74 Å². The summed E-state index contributed by atoms with van der Waals surface area (Å²) in [4.78, 5) is 0. The molecule has 0 saturated carbocycles. The first kappa shape index (κ1) is 13.7. The predicted octanol–water partition coefficient (Wildman–Crippen LogP) is -1.57. The monoisotopic (exact) mass is 180 g/mol. The fourth-order valence-electron chi connectivity index (χ4n) is 0.729. The first-order valence-electron chi connectivity index (χ1n) is 2.85. The molecule has 0 aromatic heterocycles. The van der Waals surface area contributed by atoms with E-state index in [-0.39, 0.29) is 35.5 Å². The minimum atomic E-state index is 0. The Morgan fingerprint density at radius 3 is 2.45 bits per heavy atom. The molecule has 1 aromatic rings. The summed E-state index contributed by atoms with van der Waals surface area (Å²) in [6, 6.07) is 8.59. The summed E-state index contributed by atoms with van der Waals surface area (Å²) in [6.07, 6.45) is 0. The van der Waals surface area contributed by atoms with Gasteiger partial charge in [-0.25, -0.2) is 0 Å². The van der Waals surface area contributed by atoms with Gasteiger partial charge in [-0.2, -0.15) is 18.2 Å². The fourth-order valence-corrected chi connectivity index (χ4v) is 0.729. The van der Waals surface area contributed by atoms with Crippen LogP contribution in [0.5, 0.6) is 5.75 Å². The molecule has 0 N–H and O–H groups in total. The van der Waals surface area contributed by atoms with Crippen LogP contribution in [0, 0.1) is 13.0 Å². The molecule has 3 heteroatoms. The topological polar surface area (TPSA) is 9.23 Å². The number of benzene rings is 1. The van der Waals surface area contributed by atoms with E-state index in [0.29, 0.717) is 0 Å². The van der Waals surface area contributed by atoms with E-state index in [1.165, 1.54) is 0 Å². The molecule has 0 saturated heterocycles. The second kappa shape index (κ2) is 6.77. The van der Waals surface area contributed by atoms with E-state index >= 15 is 0 Å². The molecule has 0 heterocycles. The first-order valence-corrected chi connectivity index (χ1v) is 2.85. The Bertz CT molecular complexity index is 203. The second-order valence-corrected chi connectivity index (χ2v) is 1.90. The molecule has 0 aliphatic rings. The van der Waals surface area contributed by atoms with Crippen molar-refractivity contribution in [3.63, 3.8) is 0 Å². The van der Waals surface area contributed by atoms with Gasteiger partial charge in [-0.3, -0.25) is 0 Å². The quantitative estimate of drug-likeness (QED) is 0.375. The zero-order valence-corrected chi connectivity index (χ0v) is 8.90. The summed E-state index contributed by atoms with van der Waals surface area (Å²) in [6.45, 7) is 2.00. The predicted molar refractivity (Wildman–Crippen MR) is 42.3 cm³/mol. The van der Waals surface area contributed by atoms with Gasteiger partial charge in [0.25, 0.3) is 0 Å². The van der Waals surface area contributed by atoms with Gasteiger partial charge in [0.05, 0.1) is 7.11 Å². The van der Waals surface area contributed by atoms with Crippen molar-refractivity contribution < 1.29 is 17.1 Å². The zero-order chi connectivity index (χ0) is 6.69. The maximum Gasteiger partial charge on any atom is 2.00 e. The summed E-state index contributed by atoms with van der Waals surface area (Å²) >= 11 is 0. The molecule has 1 aromatic carbocycles. The molecular formula is C8H9ClMgO. The molecule has 0 radical (unpaired) electrons. The van der Waals surface area contributed by atoms with Gasteiger partial charge >= 0.3 is 23.1 Å². The third kappa shape index (κ3) is 3.84. The van der Waals surface area contributed by atoms with Gasteiger partial charge in [0.1, 0.15) is 0 Å². The molecule has 0 spiro atoms. The zero-order valence-electron chi connectivity index (χ0n) is 6.73. The molecular weight excluding hydrogens is 172 g/mol. The maximum absolute atomic E-state index is 5.02. The SMILES string of the molecule is COc1cc[c-]cc1C.[Cl-].[Mg+2]. The Labute approximate surface area is 89.7 Å². The van der Waals surface area contributed by atoms with Crippen molar-refractivity contribution in [3.05, 3.63) is 29.8 Å². The van der Waals surface area contributed by atoms with Crippen LogP contribution in [0.2, 0.25) is 0 Å². The molecule has 0 aliphatic heterocycles. The molecule has 0 aliphatic carbocycles. The number of hydrogen-bond donors (Lipinski definition) is 0. The largest absolute Gasteiger partial charge is 2.00 e. The van der Waals surface area contributed by atoms with Gasteiger partial charge in [0.2, 0.25) is 0 Å². The smallest absolute Gasteiger partial charge is 1.00 e. The van der Waals surface area contributed by atoms with Crippen LogP contribution in [0.1, 0.15) is 5.56 Å². The van der Waals surface area contributed by atoms with Gasteiger partial charge in [-0.05, 0) is 0 Å². The summed E-state index contributed by atoms with van der Waals surface area (Å²) in [5, 5.41) is 0. The molecule has 56 valence electrons. The van der Waals surface area contributed by atoms with Crippen molar-refractivity contribution in [3.8, 4) is 5.75 Å². The average molecular weight is 181 g/mol. The van der Waals surface area contributed by atoms with Crippen molar-refractivity contribution in [2.75, 3.05) is 7.11 Å². The molecule has 11 heavy (non-hydrogen) atoms. The second-order valence-electron chi connectivity index (χ2n) is 1.90. The van der Waals surface area contributed by atoms with E-state index in [2.05, 4.69) is 6.07 Å².